The molecule has 2 aromatic carbocycles. The van der Waals surface area contributed by atoms with E-state index in [1.165, 1.54) is 16.7 Å². The summed E-state index contributed by atoms with van der Waals surface area (Å²) < 4.78 is 5.20. The second-order valence-corrected chi connectivity index (χ2v) is 8.27. The molecule has 2 aromatic rings. The van der Waals surface area contributed by atoms with Crippen LogP contribution in [0.4, 0.5) is 5.69 Å². The minimum Gasteiger partial charge on any atom is -0.497 e. The monoisotopic (exact) mass is 438 g/mol. The molecule has 1 heterocycles. The van der Waals surface area contributed by atoms with Crippen LogP contribution in [0, 0.1) is 0 Å². The van der Waals surface area contributed by atoms with Gasteiger partial charge in [-0.1, -0.05) is 24.3 Å². The number of methoxy groups -OCH3 is 1. The lowest BCUT2D eigenvalue weighted by Crippen LogP contribution is -2.46. The first-order valence-electron chi connectivity index (χ1n) is 9.12. The van der Waals surface area contributed by atoms with Gasteiger partial charge in [-0.15, -0.1) is 24.2 Å². The number of ether oxygens (including phenoxy) is 1. The lowest BCUT2D eigenvalue weighted by Gasteiger charge is -2.28. The predicted octanol–water partition coefficient (Wildman–Crippen LogP) is 2.58. The first-order chi connectivity index (χ1) is 13.4. The number of β-amino-alcohol motifs (C(OH)–C–C–N with tert-alkyl or cyclic N) is 1. The molecule has 1 aliphatic heterocycles. The molecule has 29 heavy (non-hydrogen) atoms. The number of para-hydroxylation sites is 1. The molecule has 0 bridgehead atoms. The molecule has 3 atom stereocenters. The zero-order valence-corrected chi connectivity index (χ0v) is 18.3. The van der Waals surface area contributed by atoms with E-state index >= 15 is 0 Å². The van der Waals surface area contributed by atoms with Crippen molar-refractivity contribution in [3.63, 3.8) is 0 Å². The number of carbonyl (C=O) groups is 1. The van der Waals surface area contributed by atoms with Gasteiger partial charge in [0.05, 0.1) is 30.7 Å². The number of aliphatic hydroxyl groups is 2. The smallest absolute Gasteiger partial charge is 0.257 e. The summed E-state index contributed by atoms with van der Waals surface area (Å²) in [6.07, 6.45) is -1.95. The van der Waals surface area contributed by atoms with E-state index in [0.717, 1.165) is 16.2 Å². The molecule has 2 N–H and O–H groups in total. The lowest BCUT2D eigenvalue weighted by atomic mass is 10.1. The molecule has 0 aliphatic carbocycles. The normalized spacial score (nSPS) is 19.9. The number of halogens is 1. The van der Waals surface area contributed by atoms with E-state index in [9.17, 15) is 15.0 Å². The summed E-state index contributed by atoms with van der Waals surface area (Å²) in [5, 5.41) is 20.8. The Hall–Kier alpha value is -1.77. The van der Waals surface area contributed by atoms with Crippen molar-refractivity contribution in [2.45, 2.75) is 22.4 Å². The Morgan fingerprint density at radius 2 is 1.83 bits per heavy atom. The van der Waals surface area contributed by atoms with Crippen LogP contribution in [0.5, 0.6) is 5.75 Å². The van der Waals surface area contributed by atoms with Gasteiger partial charge in [0.1, 0.15) is 11.9 Å². The third kappa shape index (κ3) is 5.43. The fourth-order valence-corrected chi connectivity index (χ4v) is 4.58. The summed E-state index contributed by atoms with van der Waals surface area (Å²) in [6.45, 7) is 0.554. The van der Waals surface area contributed by atoms with Gasteiger partial charge in [0.25, 0.3) is 5.91 Å². The molecule has 1 unspecified atom stereocenters. The number of aliphatic hydroxyl groups excluding tert-OH is 2. The first-order valence-corrected chi connectivity index (χ1v) is 10.0. The third-order valence-electron chi connectivity index (χ3n) is 4.63. The Morgan fingerprint density at radius 1 is 1.17 bits per heavy atom. The standard InChI is InChI=1S/C21H26N2O4S.ClH/c1-22(2)12-15(24)13-23-17-6-4-5-7-18(17)28-20(19(25)21(23)26)14-8-10-16(27-3)11-9-14;/h4-11,15,19-20,24-25H,12-13H2,1-3H3;1H/t15?,19-,20+;/m1./s1. The van der Waals surface area contributed by atoms with Crippen molar-refractivity contribution in [1.82, 2.24) is 4.90 Å². The molecule has 0 radical (unpaired) electrons. The van der Waals surface area contributed by atoms with Gasteiger partial charge in [0.15, 0.2) is 0 Å². The SMILES string of the molecule is COc1ccc([C@@H]2Sc3ccccc3N(CC(O)CN(C)C)C(=O)[C@@H]2O)cc1.Cl. The average Bonchev–Trinajstić information content (AvgIpc) is 2.78. The molecule has 1 aliphatic rings. The molecule has 8 heteroatoms. The molecule has 0 spiro atoms. The predicted molar refractivity (Wildman–Crippen MR) is 118 cm³/mol. The summed E-state index contributed by atoms with van der Waals surface area (Å²) in [7, 11) is 5.33. The number of rotatable bonds is 6. The number of nitrogens with zero attached hydrogens (tertiary/aromatic N) is 2. The zero-order chi connectivity index (χ0) is 20.3. The number of thioether (sulfide) groups is 1. The summed E-state index contributed by atoms with van der Waals surface area (Å²) in [5.41, 5.74) is 1.56. The molecule has 0 saturated carbocycles. The van der Waals surface area contributed by atoms with E-state index in [-0.39, 0.29) is 19.0 Å². The highest BCUT2D eigenvalue weighted by atomic mass is 35.5. The molecule has 1 amide bonds. The fourth-order valence-electron chi connectivity index (χ4n) is 3.31. The van der Waals surface area contributed by atoms with Crippen LogP contribution >= 0.6 is 24.2 Å². The van der Waals surface area contributed by atoms with Crippen LogP contribution in [0.15, 0.2) is 53.4 Å². The number of fused-ring (bicyclic) bond motifs is 1. The third-order valence-corrected chi connectivity index (χ3v) is 6.01. The Bertz CT molecular complexity index is 819. The van der Waals surface area contributed by atoms with E-state index in [1.54, 1.807) is 7.11 Å². The van der Waals surface area contributed by atoms with E-state index in [1.807, 2.05) is 67.5 Å². The van der Waals surface area contributed by atoms with Crippen molar-refractivity contribution < 1.29 is 19.7 Å². The van der Waals surface area contributed by atoms with Gasteiger partial charge in [-0.05, 0) is 43.9 Å². The van der Waals surface area contributed by atoms with Crippen molar-refractivity contribution in [2.24, 2.45) is 0 Å². The van der Waals surface area contributed by atoms with Gasteiger partial charge < -0.3 is 24.7 Å². The average molecular weight is 439 g/mol. The van der Waals surface area contributed by atoms with E-state index in [2.05, 4.69) is 0 Å². The number of anilines is 1. The van der Waals surface area contributed by atoms with Crippen molar-refractivity contribution in [1.29, 1.82) is 0 Å². The quantitative estimate of drug-likeness (QED) is 0.722. The summed E-state index contributed by atoms with van der Waals surface area (Å²) in [4.78, 5) is 17.4. The molecular weight excluding hydrogens is 412 g/mol. The van der Waals surface area contributed by atoms with Crippen LogP contribution in [0.2, 0.25) is 0 Å². The van der Waals surface area contributed by atoms with Gasteiger partial charge in [0.2, 0.25) is 0 Å². The summed E-state index contributed by atoms with van der Waals surface area (Å²) in [5.74, 6) is 0.313. The number of carbonyl (C=O) groups excluding carboxylic acids is 1. The Labute approximate surface area is 181 Å². The second-order valence-electron chi connectivity index (χ2n) is 7.09. The van der Waals surface area contributed by atoms with Crippen molar-refractivity contribution in [3.8, 4) is 5.75 Å². The Morgan fingerprint density at radius 3 is 2.45 bits per heavy atom. The molecule has 6 nitrogen and oxygen atoms in total. The van der Waals surface area contributed by atoms with E-state index in [4.69, 9.17) is 4.74 Å². The Balaban J connectivity index is 0.00000300. The summed E-state index contributed by atoms with van der Waals surface area (Å²) in [6, 6.07) is 14.9. The van der Waals surface area contributed by atoms with Gasteiger partial charge in [-0.25, -0.2) is 0 Å². The van der Waals surface area contributed by atoms with Crippen LogP contribution in [-0.4, -0.2) is 67.5 Å². The number of hydrogen-bond acceptors (Lipinski definition) is 6. The summed E-state index contributed by atoms with van der Waals surface area (Å²) >= 11 is 1.46. The maximum Gasteiger partial charge on any atom is 0.257 e. The highest BCUT2D eigenvalue weighted by Crippen LogP contribution is 2.45. The van der Waals surface area contributed by atoms with E-state index in [0.29, 0.717) is 12.2 Å². The van der Waals surface area contributed by atoms with Crippen LogP contribution in [-0.2, 0) is 4.79 Å². The van der Waals surface area contributed by atoms with Crippen molar-refractivity contribution in [2.75, 3.05) is 39.2 Å². The van der Waals surface area contributed by atoms with Crippen molar-refractivity contribution in [3.05, 3.63) is 54.1 Å². The lowest BCUT2D eigenvalue weighted by molar-refractivity contribution is -0.127. The largest absolute Gasteiger partial charge is 0.497 e. The molecule has 3 rings (SSSR count). The van der Waals surface area contributed by atoms with Gasteiger partial charge >= 0.3 is 0 Å². The van der Waals surface area contributed by atoms with Crippen LogP contribution in [0.25, 0.3) is 0 Å². The topological polar surface area (TPSA) is 73.2 Å². The highest BCUT2D eigenvalue weighted by Gasteiger charge is 2.37. The molecule has 0 aromatic heterocycles. The van der Waals surface area contributed by atoms with Crippen molar-refractivity contribution >= 4 is 35.8 Å². The zero-order valence-electron chi connectivity index (χ0n) is 16.7. The number of amides is 1. The minimum atomic E-state index is -1.22. The van der Waals surface area contributed by atoms with Crippen LogP contribution in [0.1, 0.15) is 10.8 Å². The maximum absolute atomic E-state index is 13.1. The number of likely N-dealkylation sites (N-methyl/N-ethyl adjacent to an activating group) is 1. The number of benzene rings is 2. The highest BCUT2D eigenvalue weighted by molar-refractivity contribution is 7.99. The van der Waals surface area contributed by atoms with Gasteiger partial charge in [-0.2, -0.15) is 0 Å². The first kappa shape index (κ1) is 23.5. The molecule has 0 saturated heterocycles. The van der Waals surface area contributed by atoms with Crippen LogP contribution < -0.4 is 9.64 Å². The molecular formula is C21H27ClN2O4S. The van der Waals surface area contributed by atoms with Gasteiger partial charge in [0, 0.05) is 11.4 Å². The number of hydrogen-bond donors (Lipinski definition) is 2. The maximum atomic E-state index is 13.1. The van der Waals surface area contributed by atoms with Crippen LogP contribution in [0.3, 0.4) is 0 Å². The van der Waals surface area contributed by atoms with E-state index < -0.39 is 23.4 Å². The Kier molecular flexibility index (Phi) is 8.36. The van der Waals surface area contributed by atoms with Gasteiger partial charge in [-0.3, -0.25) is 4.79 Å². The molecule has 158 valence electrons. The minimum absolute atomic E-state index is 0. The fraction of sp³-hybridized carbons (Fsp3) is 0.381. The molecule has 0 fully saturated rings. The second kappa shape index (κ2) is 10.3.